The van der Waals surface area contributed by atoms with Crippen LogP contribution in [0.2, 0.25) is 0 Å². The third-order valence-electron chi connectivity index (χ3n) is 3.19. The van der Waals surface area contributed by atoms with Crippen LogP contribution in [0.3, 0.4) is 0 Å². The highest BCUT2D eigenvalue weighted by molar-refractivity contribution is 9.10. The largest absolute Gasteiger partial charge is 0.467 e. The Kier molecular flexibility index (Phi) is 4.96. The summed E-state index contributed by atoms with van der Waals surface area (Å²) in [4.78, 5) is 13.4. The lowest BCUT2D eigenvalue weighted by molar-refractivity contribution is -0.148. The number of halogens is 1. The summed E-state index contributed by atoms with van der Waals surface area (Å²) in [5, 5.41) is 5.33. The van der Waals surface area contributed by atoms with Crippen molar-refractivity contribution >= 4 is 33.2 Å². The Hall–Kier alpha value is -1.17. The molecule has 1 heterocycles. The molecule has 3 nitrogen and oxygen atoms in total. The van der Waals surface area contributed by atoms with E-state index in [1.807, 2.05) is 48.7 Å². The number of hydrogen-bond donors (Lipinski definition) is 1. The zero-order valence-corrected chi connectivity index (χ0v) is 13.8. The van der Waals surface area contributed by atoms with Crippen molar-refractivity contribution in [2.75, 3.05) is 7.11 Å². The molecule has 0 aliphatic heterocycles. The van der Waals surface area contributed by atoms with Crippen LogP contribution in [0.15, 0.2) is 46.3 Å². The first-order chi connectivity index (χ1) is 9.56. The van der Waals surface area contributed by atoms with Gasteiger partial charge in [0.15, 0.2) is 0 Å². The molecule has 1 aromatic heterocycles. The lowest BCUT2D eigenvalue weighted by Crippen LogP contribution is -2.46. The molecular formula is C15H16BrNO2S. The van der Waals surface area contributed by atoms with Crippen LogP contribution in [0.5, 0.6) is 0 Å². The van der Waals surface area contributed by atoms with Crippen molar-refractivity contribution in [2.45, 2.75) is 19.0 Å². The van der Waals surface area contributed by atoms with Crippen LogP contribution in [0, 0.1) is 0 Å². The normalized spacial score (nSPS) is 13.8. The van der Waals surface area contributed by atoms with Gasteiger partial charge in [0.05, 0.1) is 7.11 Å². The fourth-order valence-electron chi connectivity index (χ4n) is 1.97. The van der Waals surface area contributed by atoms with Crippen molar-refractivity contribution < 1.29 is 9.53 Å². The Morgan fingerprint density at radius 2 is 2.20 bits per heavy atom. The second-order valence-electron chi connectivity index (χ2n) is 4.56. The molecule has 0 saturated carbocycles. The van der Waals surface area contributed by atoms with Gasteiger partial charge in [-0.3, -0.25) is 5.32 Å². The number of methoxy groups -OCH3 is 1. The number of esters is 1. The highest BCUT2D eigenvalue weighted by atomic mass is 79.9. The monoisotopic (exact) mass is 353 g/mol. The molecule has 0 radical (unpaired) electrons. The number of carbonyl (C=O) groups excluding carboxylic acids is 1. The number of hydrogen-bond acceptors (Lipinski definition) is 4. The maximum Gasteiger partial charge on any atom is 0.330 e. The van der Waals surface area contributed by atoms with E-state index in [0.717, 1.165) is 10.0 Å². The topological polar surface area (TPSA) is 38.3 Å². The molecule has 2 rings (SSSR count). The maximum absolute atomic E-state index is 12.2. The molecule has 0 aliphatic carbocycles. The van der Waals surface area contributed by atoms with Crippen molar-refractivity contribution in [3.05, 3.63) is 56.7 Å². The van der Waals surface area contributed by atoms with Crippen molar-refractivity contribution in [1.29, 1.82) is 0 Å². The Bertz CT molecular complexity index is 585. The summed E-state index contributed by atoms with van der Waals surface area (Å²) >= 11 is 5.10. The molecule has 106 valence electrons. The minimum atomic E-state index is -0.872. The first kappa shape index (κ1) is 15.2. The van der Waals surface area contributed by atoms with Crippen LogP contribution in [-0.4, -0.2) is 13.1 Å². The highest BCUT2D eigenvalue weighted by Crippen LogP contribution is 2.26. The molecule has 20 heavy (non-hydrogen) atoms. The lowest BCUT2D eigenvalue weighted by atomic mass is 9.92. The molecule has 1 unspecified atom stereocenters. The summed E-state index contributed by atoms with van der Waals surface area (Å²) in [5.74, 6) is -0.299. The van der Waals surface area contributed by atoms with Crippen molar-refractivity contribution in [2.24, 2.45) is 0 Å². The molecule has 0 bridgehead atoms. The average molecular weight is 354 g/mol. The van der Waals surface area contributed by atoms with E-state index in [9.17, 15) is 4.79 Å². The summed E-state index contributed by atoms with van der Waals surface area (Å²) in [6.07, 6.45) is 0. The minimum Gasteiger partial charge on any atom is -0.467 e. The van der Waals surface area contributed by atoms with Crippen LogP contribution in [0.1, 0.15) is 17.4 Å². The van der Waals surface area contributed by atoms with Crippen molar-refractivity contribution in [1.82, 2.24) is 5.32 Å². The van der Waals surface area contributed by atoms with Gasteiger partial charge in [0.25, 0.3) is 0 Å². The quantitative estimate of drug-likeness (QED) is 0.833. The molecule has 0 fully saturated rings. The first-order valence-electron chi connectivity index (χ1n) is 6.18. The second-order valence-corrected chi connectivity index (χ2v) is 6.51. The fraction of sp³-hybridized carbons (Fsp3) is 0.267. The number of nitrogens with one attached hydrogen (secondary N) is 1. The molecule has 2 aromatic rings. The van der Waals surface area contributed by atoms with E-state index in [1.54, 1.807) is 11.3 Å². The lowest BCUT2D eigenvalue weighted by Gasteiger charge is -2.28. The average Bonchev–Trinajstić information content (AvgIpc) is 2.97. The molecular weight excluding hydrogens is 338 g/mol. The Labute approximate surface area is 131 Å². The van der Waals surface area contributed by atoms with E-state index in [4.69, 9.17) is 4.74 Å². The second kappa shape index (κ2) is 6.52. The standard InChI is InChI=1S/C15H16BrNO2S/c1-15(14(18)19-2,11-5-3-6-12(16)9-11)17-10-13-7-4-8-20-13/h3-9,17H,10H2,1-2H3. The maximum atomic E-state index is 12.2. The SMILES string of the molecule is COC(=O)C(C)(NCc1cccs1)c1cccc(Br)c1. The van der Waals surface area contributed by atoms with Gasteiger partial charge in [-0.05, 0) is 36.1 Å². The summed E-state index contributed by atoms with van der Waals surface area (Å²) in [6.45, 7) is 2.46. The third-order valence-corrected chi connectivity index (χ3v) is 4.56. The molecule has 1 aromatic carbocycles. The number of rotatable bonds is 5. The zero-order valence-electron chi connectivity index (χ0n) is 11.4. The van der Waals surface area contributed by atoms with E-state index in [2.05, 4.69) is 21.2 Å². The molecule has 1 N–H and O–H groups in total. The Balaban J connectivity index is 2.27. The number of ether oxygens (including phenoxy) is 1. The molecule has 0 spiro atoms. The molecule has 1 atom stereocenters. The van der Waals surface area contributed by atoms with Gasteiger partial charge >= 0.3 is 5.97 Å². The predicted molar refractivity (Wildman–Crippen MR) is 84.7 cm³/mol. The number of carbonyl (C=O) groups is 1. The van der Waals surface area contributed by atoms with Crippen LogP contribution >= 0.6 is 27.3 Å². The van der Waals surface area contributed by atoms with E-state index < -0.39 is 5.54 Å². The van der Waals surface area contributed by atoms with Gasteiger partial charge in [0.2, 0.25) is 0 Å². The zero-order chi connectivity index (χ0) is 14.6. The highest BCUT2D eigenvalue weighted by Gasteiger charge is 2.36. The van der Waals surface area contributed by atoms with Gasteiger partial charge < -0.3 is 4.74 Å². The van der Waals surface area contributed by atoms with E-state index in [-0.39, 0.29) is 5.97 Å². The summed E-state index contributed by atoms with van der Waals surface area (Å²) < 4.78 is 5.90. The van der Waals surface area contributed by atoms with Gasteiger partial charge in [0.1, 0.15) is 5.54 Å². The molecule has 0 aliphatic rings. The van der Waals surface area contributed by atoms with E-state index >= 15 is 0 Å². The van der Waals surface area contributed by atoms with Crippen molar-refractivity contribution in [3.8, 4) is 0 Å². The van der Waals surface area contributed by atoms with Crippen LogP contribution in [0.25, 0.3) is 0 Å². The minimum absolute atomic E-state index is 0.299. The number of thiophene rings is 1. The fourth-order valence-corrected chi connectivity index (χ4v) is 3.02. The van der Waals surface area contributed by atoms with Gasteiger partial charge in [-0.2, -0.15) is 0 Å². The Morgan fingerprint density at radius 1 is 1.40 bits per heavy atom. The third kappa shape index (κ3) is 3.29. The molecule has 5 heteroatoms. The first-order valence-corrected chi connectivity index (χ1v) is 7.85. The van der Waals surface area contributed by atoms with Gasteiger partial charge in [-0.15, -0.1) is 11.3 Å². The van der Waals surface area contributed by atoms with Crippen molar-refractivity contribution in [3.63, 3.8) is 0 Å². The van der Waals surface area contributed by atoms with Gasteiger partial charge in [-0.25, -0.2) is 4.79 Å². The number of benzene rings is 1. The van der Waals surface area contributed by atoms with E-state index in [1.165, 1.54) is 12.0 Å². The van der Waals surface area contributed by atoms with Gasteiger partial charge in [-0.1, -0.05) is 34.1 Å². The van der Waals surface area contributed by atoms with Crippen LogP contribution in [-0.2, 0) is 21.6 Å². The predicted octanol–water partition coefficient (Wildman–Crippen LogP) is 3.69. The summed E-state index contributed by atoms with van der Waals surface area (Å²) in [5.41, 5.74) is -0.00187. The molecule has 0 saturated heterocycles. The summed E-state index contributed by atoms with van der Waals surface area (Å²) in [7, 11) is 1.41. The molecule has 0 amide bonds. The summed E-state index contributed by atoms with van der Waals surface area (Å²) in [6, 6.07) is 11.7. The van der Waals surface area contributed by atoms with Gasteiger partial charge in [0, 0.05) is 15.9 Å². The van der Waals surface area contributed by atoms with E-state index in [0.29, 0.717) is 6.54 Å². The Morgan fingerprint density at radius 3 is 2.80 bits per heavy atom. The van der Waals surface area contributed by atoms with Crippen LogP contribution in [0.4, 0.5) is 0 Å². The smallest absolute Gasteiger partial charge is 0.330 e. The van der Waals surface area contributed by atoms with Crippen LogP contribution < -0.4 is 5.32 Å².